The molecule has 1 rings (SSSR count). The van der Waals surface area contributed by atoms with E-state index in [0.29, 0.717) is 0 Å². The molecule has 0 unspecified atom stereocenters. The summed E-state index contributed by atoms with van der Waals surface area (Å²) in [6.07, 6.45) is 0. The van der Waals surface area contributed by atoms with Gasteiger partial charge in [0.25, 0.3) is 0 Å². The summed E-state index contributed by atoms with van der Waals surface area (Å²) in [6, 6.07) is 5.01. The lowest BCUT2D eigenvalue weighted by molar-refractivity contribution is -0.122. The van der Waals surface area contributed by atoms with Crippen molar-refractivity contribution in [1.29, 1.82) is 0 Å². The zero-order valence-electron chi connectivity index (χ0n) is 10.9. The normalized spacial score (nSPS) is 12.5. The predicted molar refractivity (Wildman–Crippen MR) is 72.8 cm³/mol. The molecule has 0 aromatic heterocycles. The maximum absolute atomic E-state index is 12.6. The van der Waals surface area contributed by atoms with Gasteiger partial charge in [-0.3, -0.25) is 4.79 Å². The van der Waals surface area contributed by atoms with Gasteiger partial charge in [-0.15, -0.1) is 11.6 Å². The van der Waals surface area contributed by atoms with E-state index >= 15 is 0 Å². The van der Waals surface area contributed by atoms with Gasteiger partial charge in [0.05, 0.1) is 16.0 Å². The van der Waals surface area contributed by atoms with Gasteiger partial charge in [0.1, 0.15) is 0 Å². The second-order valence-corrected chi connectivity index (χ2v) is 6.93. The molecule has 0 atom stereocenters. The Morgan fingerprint density at radius 3 is 2.40 bits per heavy atom. The highest BCUT2D eigenvalue weighted by molar-refractivity contribution is 7.91. The topological polar surface area (TPSA) is 63.2 Å². The summed E-state index contributed by atoms with van der Waals surface area (Å²) in [6.45, 7) is 3.11. The van der Waals surface area contributed by atoms with Crippen molar-refractivity contribution in [3.63, 3.8) is 0 Å². The van der Waals surface area contributed by atoms with Gasteiger partial charge in [0.2, 0.25) is 15.7 Å². The van der Waals surface area contributed by atoms with Crippen molar-refractivity contribution in [3.05, 3.63) is 24.3 Å². The first-order valence-electron chi connectivity index (χ1n) is 5.61. The number of alkyl halides is 3. The molecule has 8 heteroatoms. The number of hydrogen-bond acceptors (Lipinski definition) is 3. The van der Waals surface area contributed by atoms with Crippen LogP contribution in [-0.2, 0) is 14.6 Å². The fraction of sp³-hybridized carbons (Fsp3) is 0.417. The SMILES string of the molecule is CC(C)(CCl)C(=O)Nc1ccccc1S(=O)(=O)C(F)F. The first kappa shape index (κ1) is 16.8. The van der Waals surface area contributed by atoms with Crippen molar-refractivity contribution >= 4 is 33.0 Å². The van der Waals surface area contributed by atoms with Crippen LogP contribution in [-0.4, -0.2) is 26.0 Å². The van der Waals surface area contributed by atoms with Crippen molar-refractivity contribution in [1.82, 2.24) is 0 Å². The van der Waals surface area contributed by atoms with Crippen LogP contribution in [0.2, 0.25) is 0 Å². The number of benzene rings is 1. The minimum Gasteiger partial charge on any atom is -0.324 e. The Morgan fingerprint density at radius 2 is 1.90 bits per heavy atom. The van der Waals surface area contributed by atoms with Crippen LogP contribution in [0.4, 0.5) is 14.5 Å². The van der Waals surface area contributed by atoms with Gasteiger partial charge >= 0.3 is 5.76 Å². The van der Waals surface area contributed by atoms with Gasteiger partial charge in [-0.2, -0.15) is 8.78 Å². The highest BCUT2D eigenvalue weighted by atomic mass is 35.5. The van der Waals surface area contributed by atoms with E-state index in [-0.39, 0.29) is 11.6 Å². The Hall–Kier alpha value is -1.21. The Labute approximate surface area is 121 Å². The number of sulfone groups is 1. The number of hydrogen-bond donors (Lipinski definition) is 1. The number of para-hydroxylation sites is 1. The summed E-state index contributed by atoms with van der Waals surface area (Å²) < 4.78 is 48.2. The first-order valence-corrected chi connectivity index (χ1v) is 7.69. The van der Waals surface area contributed by atoms with Crippen molar-refractivity contribution in [3.8, 4) is 0 Å². The van der Waals surface area contributed by atoms with Crippen LogP contribution < -0.4 is 5.32 Å². The molecule has 112 valence electrons. The molecule has 20 heavy (non-hydrogen) atoms. The number of carbonyl (C=O) groups excluding carboxylic acids is 1. The number of nitrogens with one attached hydrogen (secondary N) is 1. The lowest BCUT2D eigenvalue weighted by atomic mass is 9.95. The van der Waals surface area contributed by atoms with Gasteiger partial charge in [0.15, 0.2) is 0 Å². The molecule has 1 N–H and O–H groups in total. The fourth-order valence-electron chi connectivity index (χ4n) is 1.27. The Bertz CT molecular complexity index is 602. The van der Waals surface area contributed by atoms with Gasteiger partial charge in [-0.05, 0) is 26.0 Å². The molecule has 0 fully saturated rings. The summed E-state index contributed by atoms with van der Waals surface area (Å²) in [4.78, 5) is 11.3. The summed E-state index contributed by atoms with van der Waals surface area (Å²) in [5.74, 6) is -4.10. The molecular formula is C12H14ClF2NO3S. The zero-order chi connectivity index (χ0) is 15.6. The van der Waals surface area contributed by atoms with Gasteiger partial charge in [-0.25, -0.2) is 8.42 Å². The highest BCUT2D eigenvalue weighted by Gasteiger charge is 2.32. The van der Waals surface area contributed by atoms with Crippen molar-refractivity contribution in [2.24, 2.45) is 5.41 Å². The van der Waals surface area contributed by atoms with Gasteiger partial charge in [-0.1, -0.05) is 12.1 Å². The molecule has 1 aromatic carbocycles. The smallest absolute Gasteiger partial charge is 0.324 e. The van der Waals surface area contributed by atoms with E-state index in [9.17, 15) is 22.0 Å². The molecule has 0 aliphatic heterocycles. The largest absolute Gasteiger partial charge is 0.341 e. The second kappa shape index (κ2) is 6.05. The molecule has 1 amide bonds. The molecule has 0 saturated carbocycles. The lowest BCUT2D eigenvalue weighted by Gasteiger charge is -2.21. The van der Waals surface area contributed by atoms with Crippen LogP contribution in [0, 0.1) is 5.41 Å². The third kappa shape index (κ3) is 3.46. The number of rotatable bonds is 5. The van der Waals surface area contributed by atoms with E-state index in [1.54, 1.807) is 13.8 Å². The molecule has 0 spiro atoms. The molecular weight excluding hydrogens is 312 g/mol. The van der Waals surface area contributed by atoms with E-state index in [2.05, 4.69) is 5.32 Å². The minimum absolute atomic E-state index is 0.00258. The van der Waals surface area contributed by atoms with E-state index in [0.717, 1.165) is 6.07 Å². The predicted octanol–water partition coefficient (Wildman–Crippen LogP) is 2.89. The maximum Gasteiger partial charge on any atom is 0.341 e. The van der Waals surface area contributed by atoms with Crippen LogP contribution in [0.3, 0.4) is 0 Å². The van der Waals surface area contributed by atoms with Gasteiger partial charge in [0, 0.05) is 5.88 Å². The minimum atomic E-state index is -4.79. The molecule has 0 saturated heterocycles. The third-order valence-electron chi connectivity index (χ3n) is 2.63. The average molecular weight is 326 g/mol. The van der Waals surface area contributed by atoms with E-state index in [4.69, 9.17) is 11.6 Å². The van der Waals surface area contributed by atoms with Crippen molar-refractivity contribution < 1.29 is 22.0 Å². The Balaban J connectivity index is 3.20. The van der Waals surface area contributed by atoms with Crippen molar-refractivity contribution in [2.45, 2.75) is 24.5 Å². The summed E-state index contributed by atoms with van der Waals surface area (Å²) >= 11 is 5.64. The quantitative estimate of drug-likeness (QED) is 0.847. The Kier molecular flexibility index (Phi) is 5.10. The van der Waals surface area contributed by atoms with E-state index in [1.165, 1.54) is 18.2 Å². The van der Waals surface area contributed by atoms with Crippen LogP contribution in [0.25, 0.3) is 0 Å². The van der Waals surface area contributed by atoms with Crippen LogP contribution in [0.1, 0.15) is 13.8 Å². The summed E-state index contributed by atoms with van der Waals surface area (Å²) in [5, 5.41) is 2.33. The van der Waals surface area contributed by atoms with Crippen LogP contribution in [0.5, 0.6) is 0 Å². The zero-order valence-corrected chi connectivity index (χ0v) is 12.4. The molecule has 1 aromatic rings. The van der Waals surface area contributed by atoms with Crippen LogP contribution >= 0.6 is 11.6 Å². The third-order valence-corrected chi connectivity index (χ3v) is 4.73. The molecule has 4 nitrogen and oxygen atoms in total. The fourth-order valence-corrected chi connectivity index (χ4v) is 2.27. The monoisotopic (exact) mass is 325 g/mol. The number of anilines is 1. The Morgan fingerprint density at radius 1 is 1.35 bits per heavy atom. The number of amides is 1. The van der Waals surface area contributed by atoms with Crippen molar-refractivity contribution in [2.75, 3.05) is 11.2 Å². The maximum atomic E-state index is 12.6. The van der Waals surface area contributed by atoms with Gasteiger partial charge < -0.3 is 5.32 Å². The molecule has 0 bridgehead atoms. The van der Waals surface area contributed by atoms with E-state index < -0.39 is 31.8 Å². The molecule has 0 heterocycles. The number of halogens is 3. The molecule has 0 aliphatic carbocycles. The summed E-state index contributed by atoms with van der Waals surface area (Å²) in [5.41, 5.74) is -1.14. The van der Waals surface area contributed by atoms with E-state index in [1.807, 2.05) is 0 Å². The average Bonchev–Trinajstić information content (AvgIpc) is 2.38. The highest BCUT2D eigenvalue weighted by Crippen LogP contribution is 2.28. The molecule has 0 radical (unpaired) electrons. The van der Waals surface area contributed by atoms with Crippen LogP contribution in [0.15, 0.2) is 29.2 Å². The first-order chi connectivity index (χ1) is 9.13. The second-order valence-electron chi connectivity index (χ2n) is 4.77. The molecule has 0 aliphatic rings. The standard InChI is InChI=1S/C12H14ClF2NO3S/c1-12(2,7-13)10(17)16-8-5-3-4-6-9(8)20(18,19)11(14)15/h3-6,11H,7H2,1-2H3,(H,16,17). The number of carbonyl (C=O) groups is 1. The lowest BCUT2D eigenvalue weighted by Crippen LogP contribution is -2.32. The summed E-state index contributed by atoms with van der Waals surface area (Å²) in [7, 11) is -4.79.